The smallest absolute Gasteiger partial charge is 0.235 e. The summed E-state index contributed by atoms with van der Waals surface area (Å²) in [5, 5.41) is 25.3. The third-order valence-corrected chi connectivity index (χ3v) is 8.49. The van der Waals surface area contributed by atoms with Crippen molar-refractivity contribution in [1.82, 2.24) is 5.32 Å². The Morgan fingerprint density at radius 1 is 1.12 bits per heavy atom. The molecule has 1 aromatic rings. The average molecular weight is 452 g/mol. The maximum Gasteiger partial charge on any atom is 0.235 e. The van der Waals surface area contributed by atoms with Gasteiger partial charge in [0.05, 0.1) is 12.2 Å². The Hall–Kier alpha value is -2.24. The second kappa shape index (κ2) is 9.19. The fourth-order valence-electron chi connectivity index (χ4n) is 6.65. The molecule has 0 unspecified atom stereocenters. The summed E-state index contributed by atoms with van der Waals surface area (Å²) in [6.45, 7) is 10.3. The molecular weight excluding hydrogens is 414 g/mol. The predicted molar refractivity (Wildman–Crippen MR) is 128 cm³/mol. The fraction of sp³-hybridized carbons (Fsp3) is 0.571. The Morgan fingerprint density at radius 3 is 2.52 bits per heavy atom. The van der Waals surface area contributed by atoms with Gasteiger partial charge in [0, 0.05) is 24.3 Å². The molecule has 5 nitrogen and oxygen atoms in total. The second-order valence-electron chi connectivity index (χ2n) is 10.7. The van der Waals surface area contributed by atoms with Crippen LogP contribution in [-0.4, -0.2) is 40.2 Å². The van der Waals surface area contributed by atoms with Crippen molar-refractivity contribution in [1.29, 1.82) is 0 Å². The van der Waals surface area contributed by atoms with E-state index in [1.807, 2.05) is 56.3 Å². The van der Waals surface area contributed by atoms with Gasteiger partial charge in [-0.2, -0.15) is 0 Å². The number of ketones is 1. The first-order chi connectivity index (χ1) is 15.7. The summed E-state index contributed by atoms with van der Waals surface area (Å²) in [7, 11) is 0. The highest BCUT2D eigenvalue weighted by Crippen LogP contribution is 2.57. The minimum absolute atomic E-state index is 0.0470. The molecule has 1 amide bonds. The first-order valence-corrected chi connectivity index (χ1v) is 12.3. The molecule has 3 aliphatic rings. The van der Waals surface area contributed by atoms with E-state index < -0.39 is 23.5 Å². The van der Waals surface area contributed by atoms with E-state index in [0.717, 1.165) is 18.4 Å². The number of aliphatic hydroxyl groups is 2. The monoisotopic (exact) mass is 451 g/mol. The standard InChI is InChI=1S/C28H37NO4/c1-16-9-8-12-21-26(32)19(4)18(3)25-22(14-20-10-6-5-7-11-20)29-27(33)28(21,25)24(31)15-23(30)17(2)13-16/h5-8,10-12,16-18,21-23,25-26,30,32H,4,9,13-15H2,1-3H3,(H,29,33)/t16-,17+,18+,21-,22-,23+,25-,26+,28+/m0/s1. The maximum atomic E-state index is 14.0. The van der Waals surface area contributed by atoms with Crippen LogP contribution in [0.15, 0.2) is 54.6 Å². The number of Topliss-reactive ketones (excluding diaryl/α,β-unsaturated/α-hetero) is 1. The molecule has 1 saturated heterocycles. The minimum atomic E-state index is -1.41. The zero-order chi connectivity index (χ0) is 23.9. The fourth-order valence-corrected chi connectivity index (χ4v) is 6.65. The van der Waals surface area contributed by atoms with Gasteiger partial charge < -0.3 is 15.5 Å². The molecule has 1 spiro atoms. The van der Waals surface area contributed by atoms with Crippen molar-refractivity contribution < 1.29 is 19.8 Å². The number of hydrogen-bond donors (Lipinski definition) is 3. The van der Waals surface area contributed by atoms with Crippen LogP contribution in [0.1, 0.15) is 45.6 Å². The van der Waals surface area contributed by atoms with Crippen LogP contribution >= 0.6 is 0 Å². The van der Waals surface area contributed by atoms with Crippen molar-refractivity contribution in [2.75, 3.05) is 0 Å². The molecule has 1 saturated carbocycles. The molecule has 1 aliphatic heterocycles. The highest BCUT2D eigenvalue weighted by Gasteiger charge is 2.68. The van der Waals surface area contributed by atoms with Gasteiger partial charge in [-0.1, -0.05) is 69.8 Å². The minimum Gasteiger partial charge on any atom is -0.392 e. The van der Waals surface area contributed by atoms with Gasteiger partial charge >= 0.3 is 0 Å². The molecular formula is C28H37NO4. The predicted octanol–water partition coefficient (Wildman–Crippen LogP) is 3.46. The van der Waals surface area contributed by atoms with E-state index in [4.69, 9.17) is 0 Å². The summed E-state index contributed by atoms with van der Waals surface area (Å²) in [6, 6.07) is 9.69. The van der Waals surface area contributed by atoms with Crippen molar-refractivity contribution in [3.63, 3.8) is 0 Å². The lowest BCUT2D eigenvalue weighted by molar-refractivity contribution is -0.153. The van der Waals surface area contributed by atoms with Gasteiger partial charge in [-0.3, -0.25) is 9.59 Å². The SMILES string of the molecule is C=C1[C@@H](C)[C@H]2[C@H](Cc3ccccc3)NC(=O)[C@]23C(=O)C[C@@H](O)[C@H](C)C[C@@H](C)CC=C[C@H]3[C@@H]1O. The highest BCUT2D eigenvalue weighted by molar-refractivity contribution is 6.09. The lowest BCUT2D eigenvalue weighted by atomic mass is 9.51. The van der Waals surface area contributed by atoms with Crippen molar-refractivity contribution in [2.24, 2.45) is 35.0 Å². The molecule has 1 heterocycles. The topological polar surface area (TPSA) is 86.6 Å². The second-order valence-corrected chi connectivity index (χ2v) is 10.7. The largest absolute Gasteiger partial charge is 0.392 e. The van der Waals surface area contributed by atoms with Crippen molar-refractivity contribution in [3.8, 4) is 0 Å². The van der Waals surface area contributed by atoms with Crippen LogP contribution in [-0.2, 0) is 16.0 Å². The van der Waals surface area contributed by atoms with Gasteiger partial charge in [0.1, 0.15) is 5.41 Å². The summed E-state index contributed by atoms with van der Waals surface area (Å²) >= 11 is 0. The molecule has 3 N–H and O–H groups in total. The van der Waals surface area contributed by atoms with E-state index >= 15 is 0 Å². The maximum absolute atomic E-state index is 14.0. The third kappa shape index (κ3) is 4.00. The quantitative estimate of drug-likeness (QED) is 0.475. The van der Waals surface area contributed by atoms with E-state index in [2.05, 4.69) is 18.8 Å². The van der Waals surface area contributed by atoms with Gasteiger partial charge in [-0.05, 0) is 48.2 Å². The van der Waals surface area contributed by atoms with Crippen molar-refractivity contribution in [2.45, 2.75) is 64.7 Å². The molecule has 178 valence electrons. The van der Waals surface area contributed by atoms with Crippen LogP contribution < -0.4 is 5.32 Å². The molecule has 5 heteroatoms. The summed E-state index contributed by atoms with van der Waals surface area (Å²) in [5.74, 6) is -1.55. The lowest BCUT2D eigenvalue weighted by Gasteiger charge is -2.49. The Balaban J connectivity index is 1.83. The highest BCUT2D eigenvalue weighted by atomic mass is 16.3. The molecule has 2 aliphatic carbocycles. The first kappa shape index (κ1) is 23.9. The summed E-state index contributed by atoms with van der Waals surface area (Å²) in [4.78, 5) is 27.8. The van der Waals surface area contributed by atoms with Crippen LogP contribution in [0.2, 0.25) is 0 Å². The molecule has 9 atom stereocenters. The zero-order valence-corrected chi connectivity index (χ0v) is 19.9. The van der Waals surface area contributed by atoms with Gasteiger partial charge in [0.2, 0.25) is 5.91 Å². The number of allylic oxidation sites excluding steroid dienone is 1. The number of hydrogen-bond acceptors (Lipinski definition) is 4. The first-order valence-electron chi connectivity index (χ1n) is 12.3. The Kier molecular flexibility index (Phi) is 6.66. The summed E-state index contributed by atoms with van der Waals surface area (Å²) in [6.07, 6.45) is 4.20. The normalized spacial score (nSPS) is 41.7. The number of benzene rings is 1. The number of carbonyl (C=O) groups is 2. The Labute approximate surface area is 197 Å². The molecule has 0 radical (unpaired) electrons. The van der Waals surface area contributed by atoms with Crippen LogP contribution in [0, 0.1) is 35.0 Å². The molecule has 2 fully saturated rings. The van der Waals surface area contributed by atoms with Crippen LogP contribution in [0.4, 0.5) is 0 Å². The van der Waals surface area contributed by atoms with E-state index in [0.29, 0.717) is 17.9 Å². The van der Waals surface area contributed by atoms with E-state index in [1.165, 1.54) is 0 Å². The number of carbonyl (C=O) groups excluding carboxylic acids is 2. The van der Waals surface area contributed by atoms with Crippen LogP contribution in [0.5, 0.6) is 0 Å². The summed E-state index contributed by atoms with van der Waals surface area (Å²) < 4.78 is 0. The average Bonchev–Trinajstić information content (AvgIpc) is 3.06. The molecule has 0 aromatic heterocycles. The number of nitrogens with one attached hydrogen (secondary N) is 1. The van der Waals surface area contributed by atoms with E-state index in [1.54, 1.807) is 0 Å². The van der Waals surface area contributed by atoms with E-state index in [-0.39, 0.29) is 41.9 Å². The Bertz CT molecular complexity index is 940. The van der Waals surface area contributed by atoms with Crippen molar-refractivity contribution >= 4 is 11.7 Å². The molecule has 4 rings (SSSR count). The van der Waals surface area contributed by atoms with Gasteiger partial charge in [0.25, 0.3) is 0 Å². The van der Waals surface area contributed by atoms with E-state index in [9.17, 15) is 19.8 Å². The molecule has 1 aromatic carbocycles. The summed E-state index contributed by atoms with van der Waals surface area (Å²) in [5.41, 5.74) is 0.344. The van der Waals surface area contributed by atoms with Gasteiger partial charge in [-0.25, -0.2) is 0 Å². The third-order valence-electron chi connectivity index (χ3n) is 8.49. The number of aliphatic hydroxyl groups excluding tert-OH is 2. The van der Waals surface area contributed by atoms with Crippen molar-refractivity contribution in [3.05, 3.63) is 60.2 Å². The number of amides is 1. The zero-order valence-electron chi connectivity index (χ0n) is 19.9. The Morgan fingerprint density at radius 2 is 1.82 bits per heavy atom. The molecule has 33 heavy (non-hydrogen) atoms. The number of rotatable bonds is 2. The van der Waals surface area contributed by atoms with Gasteiger partial charge in [0.15, 0.2) is 5.78 Å². The van der Waals surface area contributed by atoms with Gasteiger partial charge in [-0.15, -0.1) is 0 Å². The molecule has 0 bridgehead atoms. The lowest BCUT2D eigenvalue weighted by Crippen LogP contribution is -2.59. The van der Waals surface area contributed by atoms with Crippen LogP contribution in [0.25, 0.3) is 0 Å². The van der Waals surface area contributed by atoms with Crippen LogP contribution in [0.3, 0.4) is 0 Å².